The number of amides is 2. The summed E-state index contributed by atoms with van der Waals surface area (Å²) in [5, 5.41) is 5.48. The highest BCUT2D eigenvalue weighted by Crippen LogP contribution is 2.26. The Morgan fingerprint density at radius 2 is 1.90 bits per heavy atom. The molecule has 5 heterocycles. The number of nitrogens with zero attached hydrogens (tertiary/aromatic N) is 7. The number of nitrogen functional groups attached to an aromatic ring is 1. The molecule has 39 heavy (non-hydrogen) atoms. The van der Waals surface area contributed by atoms with Crippen LogP contribution < -0.4 is 26.2 Å². The van der Waals surface area contributed by atoms with Crippen LogP contribution >= 0.6 is 11.8 Å². The highest BCUT2D eigenvalue weighted by Gasteiger charge is 2.26. The van der Waals surface area contributed by atoms with Gasteiger partial charge < -0.3 is 20.9 Å². The molecule has 0 radical (unpaired) electrons. The summed E-state index contributed by atoms with van der Waals surface area (Å²) >= 11 is 0.880. The molecule has 5 rings (SSSR count). The number of thioether (sulfide) groups is 1. The van der Waals surface area contributed by atoms with Crippen molar-refractivity contribution in [2.24, 2.45) is 5.92 Å². The zero-order valence-electron chi connectivity index (χ0n) is 21.8. The molecule has 13 heteroatoms. The SMILES string of the molecule is CN(C)c1ncc(-c2nc(N)ccc2CNCC2CCN(c3nccc(/C=C4\SC(=O)NC4=O)n3)CC2)cn1. The predicted octanol–water partition coefficient (Wildman–Crippen LogP) is 2.31. The Morgan fingerprint density at radius 3 is 2.59 bits per heavy atom. The fraction of sp³-hybridized carbons (Fsp3) is 0.346. The summed E-state index contributed by atoms with van der Waals surface area (Å²) in [5.41, 5.74) is 9.24. The summed E-state index contributed by atoms with van der Waals surface area (Å²) in [6.07, 6.45) is 8.85. The van der Waals surface area contributed by atoms with Crippen LogP contribution in [0.15, 0.2) is 41.7 Å². The van der Waals surface area contributed by atoms with Crippen molar-refractivity contribution in [3.63, 3.8) is 0 Å². The van der Waals surface area contributed by atoms with Gasteiger partial charge in [-0.2, -0.15) is 0 Å². The molecule has 0 saturated carbocycles. The number of pyridine rings is 1. The summed E-state index contributed by atoms with van der Waals surface area (Å²) in [4.78, 5) is 50.0. The quantitative estimate of drug-likeness (QED) is 0.355. The van der Waals surface area contributed by atoms with Crippen LogP contribution in [0.3, 0.4) is 0 Å². The van der Waals surface area contributed by atoms with Crippen molar-refractivity contribution in [2.75, 3.05) is 49.3 Å². The lowest BCUT2D eigenvalue weighted by Crippen LogP contribution is -2.38. The molecule has 2 aliphatic rings. The first kappa shape index (κ1) is 26.5. The maximum Gasteiger partial charge on any atom is 0.290 e. The normalized spacial score (nSPS) is 17.1. The Morgan fingerprint density at radius 1 is 1.13 bits per heavy atom. The van der Waals surface area contributed by atoms with Gasteiger partial charge in [0.25, 0.3) is 11.1 Å². The molecule has 0 atom stereocenters. The van der Waals surface area contributed by atoms with Gasteiger partial charge in [-0.05, 0) is 60.8 Å². The number of nitrogens with two attached hydrogens (primary N) is 1. The molecule has 4 N–H and O–H groups in total. The van der Waals surface area contributed by atoms with Crippen LogP contribution in [0.25, 0.3) is 17.3 Å². The molecule has 0 spiro atoms. The summed E-state index contributed by atoms with van der Waals surface area (Å²) in [6.45, 7) is 3.21. The van der Waals surface area contributed by atoms with Gasteiger partial charge in [0.2, 0.25) is 11.9 Å². The summed E-state index contributed by atoms with van der Waals surface area (Å²) in [6, 6.07) is 5.54. The Balaban J connectivity index is 1.15. The van der Waals surface area contributed by atoms with E-state index in [2.05, 4.69) is 40.5 Å². The average Bonchev–Trinajstić information content (AvgIpc) is 3.26. The number of aromatic nitrogens is 5. The molecule has 2 aliphatic heterocycles. The highest BCUT2D eigenvalue weighted by molar-refractivity contribution is 8.18. The third kappa shape index (κ3) is 6.49. The van der Waals surface area contributed by atoms with Crippen LogP contribution in [0, 0.1) is 5.92 Å². The number of carbonyl (C=O) groups excluding carboxylic acids is 2. The summed E-state index contributed by atoms with van der Waals surface area (Å²) < 4.78 is 0. The van der Waals surface area contributed by atoms with E-state index >= 15 is 0 Å². The van der Waals surface area contributed by atoms with Gasteiger partial charge in [0.1, 0.15) is 5.82 Å². The standard InChI is InChI=1S/C26H30N10O2S/c1-35(2)24-30-14-18(15-31-24)22-17(3-4-21(27)33-22)13-28-12-16-6-9-36(10-7-16)25-29-8-5-19(32-25)11-20-23(37)34-26(38)39-20/h3-5,8,11,14-16,28H,6-7,9-10,12-13H2,1-2H3,(H2,27,33)(H,34,37,38)/b20-11-. The first-order chi connectivity index (χ1) is 18.9. The van der Waals surface area contributed by atoms with Crippen molar-refractivity contribution in [2.45, 2.75) is 19.4 Å². The van der Waals surface area contributed by atoms with E-state index in [1.54, 1.807) is 30.7 Å². The smallest absolute Gasteiger partial charge is 0.290 e. The fourth-order valence-electron chi connectivity index (χ4n) is 4.47. The monoisotopic (exact) mass is 546 g/mol. The average molecular weight is 547 g/mol. The molecule has 3 aromatic rings. The van der Waals surface area contributed by atoms with Crippen molar-refractivity contribution in [3.8, 4) is 11.3 Å². The van der Waals surface area contributed by atoms with Gasteiger partial charge in [-0.15, -0.1) is 0 Å². The number of hydrogen-bond acceptors (Lipinski definition) is 12. The van der Waals surface area contributed by atoms with E-state index in [1.165, 1.54) is 0 Å². The van der Waals surface area contributed by atoms with E-state index in [-0.39, 0.29) is 5.24 Å². The van der Waals surface area contributed by atoms with Crippen LogP contribution in [0.5, 0.6) is 0 Å². The molecule has 0 bridgehead atoms. The second-order valence-electron chi connectivity index (χ2n) is 9.61. The maximum atomic E-state index is 11.8. The van der Waals surface area contributed by atoms with E-state index in [9.17, 15) is 9.59 Å². The Bertz CT molecular complexity index is 1390. The van der Waals surface area contributed by atoms with Crippen molar-refractivity contribution in [1.29, 1.82) is 0 Å². The van der Waals surface area contributed by atoms with E-state index in [0.717, 1.165) is 61.1 Å². The van der Waals surface area contributed by atoms with Gasteiger partial charge in [-0.1, -0.05) is 6.07 Å². The van der Waals surface area contributed by atoms with Gasteiger partial charge in [-0.3, -0.25) is 14.9 Å². The maximum absolute atomic E-state index is 11.8. The molecule has 2 fully saturated rings. The largest absolute Gasteiger partial charge is 0.384 e. The first-order valence-electron chi connectivity index (χ1n) is 12.6. The highest BCUT2D eigenvalue weighted by atomic mass is 32.2. The minimum atomic E-state index is -0.393. The molecule has 2 saturated heterocycles. The van der Waals surface area contributed by atoms with Crippen molar-refractivity contribution in [1.82, 2.24) is 35.6 Å². The Labute approximate surface area is 230 Å². The third-order valence-electron chi connectivity index (χ3n) is 6.54. The summed E-state index contributed by atoms with van der Waals surface area (Å²) in [5.74, 6) is 1.85. The molecular formula is C26H30N10O2S. The van der Waals surface area contributed by atoms with Crippen LogP contribution in [0.1, 0.15) is 24.1 Å². The van der Waals surface area contributed by atoms with Gasteiger partial charge in [0.05, 0.1) is 16.3 Å². The van der Waals surface area contributed by atoms with E-state index in [0.29, 0.717) is 40.8 Å². The van der Waals surface area contributed by atoms with Crippen molar-refractivity contribution < 1.29 is 9.59 Å². The molecular weight excluding hydrogens is 516 g/mol. The van der Waals surface area contributed by atoms with Crippen LogP contribution in [0.2, 0.25) is 0 Å². The predicted molar refractivity (Wildman–Crippen MR) is 152 cm³/mol. The lowest BCUT2D eigenvalue weighted by molar-refractivity contribution is -0.115. The topological polar surface area (TPSA) is 155 Å². The number of carbonyl (C=O) groups is 2. The number of imide groups is 1. The number of anilines is 3. The number of piperidine rings is 1. The van der Waals surface area contributed by atoms with Gasteiger partial charge >= 0.3 is 0 Å². The molecule has 0 unspecified atom stereocenters. The van der Waals surface area contributed by atoms with E-state index < -0.39 is 5.91 Å². The van der Waals surface area contributed by atoms with Crippen molar-refractivity contribution >= 4 is 46.7 Å². The molecule has 3 aromatic heterocycles. The van der Waals surface area contributed by atoms with Crippen LogP contribution in [-0.4, -0.2) is 69.8 Å². The zero-order valence-corrected chi connectivity index (χ0v) is 22.6. The van der Waals surface area contributed by atoms with Gasteiger partial charge in [0.15, 0.2) is 0 Å². The molecule has 2 amide bonds. The van der Waals surface area contributed by atoms with Gasteiger partial charge in [0, 0.05) is 57.9 Å². The Kier molecular flexibility index (Phi) is 7.98. The first-order valence-corrected chi connectivity index (χ1v) is 13.5. The lowest BCUT2D eigenvalue weighted by atomic mass is 9.97. The lowest BCUT2D eigenvalue weighted by Gasteiger charge is -2.32. The second kappa shape index (κ2) is 11.7. The molecule has 0 aliphatic carbocycles. The van der Waals surface area contributed by atoms with Gasteiger partial charge in [-0.25, -0.2) is 24.9 Å². The number of rotatable bonds is 8. The van der Waals surface area contributed by atoms with Crippen molar-refractivity contribution in [3.05, 3.63) is 53.0 Å². The van der Waals surface area contributed by atoms with Crippen LogP contribution in [0.4, 0.5) is 22.5 Å². The number of hydrogen-bond donors (Lipinski definition) is 3. The molecule has 12 nitrogen and oxygen atoms in total. The molecule has 0 aromatic carbocycles. The van der Waals surface area contributed by atoms with Crippen LogP contribution in [-0.2, 0) is 11.3 Å². The number of nitrogens with one attached hydrogen (secondary N) is 2. The fourth-order valence-corrected chi connectivity index (χ4v) is 5.14. The Hall–Kier alpha value is -4.10. The molecule has 202 valence electrons. The zero-order chi connectivity index (χ0) is 27.4. The minimum absolute atomic E-state index is 0.340. The van der Waals surface area contributed by atoms with E-state index in [4.69, 9.17) is 5.73 Å². The van der Waals surface area contributed by atoms with E-state index in [1.807, 2.05) is 31.1 Å². The minimum Gasteiger partial charge on any atom is -0.384 e. The summed E-state index contributed by atoms with van der Waals surface area (Å²) in [7, 11) is 3.80. The third-order valence-corrected chi connectivity index (χ3v) is 7.35. The second-order valence-corrected chi connectivity index (χ2v) is 10.6.